The van der Waals surface area contributed by atoms with Crippen LogP contribution in [0.4, 0.5) is 21.8 Å². The number of aldehydes is 1. The summed E-state index contributed by atoms with van der Waals surface area (Å²) in [6.07, 6.45) is 2.36. The number of nitrogen functional groups attached to an aromatic ring is 1. The second kappa shape index (κ2) is 10.3. The first kappa shape index (κ1) is 19.6. The Kier molecular flexibility index (Phi) is 8.45. The first-order valence-electron chi connectivity index (χ1n) is 6.84. The molecular weight excluding hydrogens is 331 g/mol. The van der Waals surface area contributed by atoms with E-state index in [0.29, 0.717) is 22.1 Å². The Morgan fingerprint density at radius 2 is 1.96 bits per heavy atom. The lowest BCUT2D eigenvalue weighted by Crippen LogP contribution is -2.05. The van der Waals surface area contributed by atoms with E-state index in [0.717, 1.165) is 6.29 Å². The average molecular weight is 350 g/mol. The Bertz CT molecular complexity index is 681. The van der Waals surface area contributed by atoms with Crippen LogP contribution in [0.3, 0.4) is 0 Å². The zero-order valence-electron chi connectivity index (χ0n) is 13.5. The summed E-state index contributed by atoms with van der Waals surface area (Å²) in [6.45, 7) is 3.72. The van der Waals surface area contributed by atoms with Gasteiger partial charge in [-0.2, -0.15) is 4.98 Å². The Hall–Kier alpha value is -2.45. The van der Waals surface area contributed by atoms with Gasteiger partial charge in [0.15, 0.2) is 0 Å². The molecule has 0 bridgehead atoms. The van der Waals surface area contributed by atoms with Crippen LogP contribution in [0.25, 0.3) is 6.08 Å². The molecule has 0 unspecified atom stereocenters. The van der Waals surface area contributed by atoms with Crippen molar-refractivity contribution in [3.05, 3.63) is 42.2 Å². The largest absolute Gasteiger partial charge is 0.388 e. The van der Waals surface area contributed by atoms with Gasteiger partial charge in [-0.3, -0.25) is 0 Å². The second-order valence-electron chi connectivity index (χ2n) is 4.37. The minimum atomic E-state index is -0.325. The number of methoxy groups -OCH3 is 1. The maximum absolute atomic E-state index is 12.9. The van der Waals surface area contributed by atoms with Crippen molar-refractivity contribution in [2.75, 3.05) is 31.0 Å². The van der Waals surface area contributed by atoms with Crippen molar-refractivity contribution in [1.29, 1.82) is 0 Å². The molecule has 0 atom stereocenters. The van der Waals surface area contributed by atoms with E-state index in [4.69, 9.17) is 5.73 Å². The topological polar surface area (TPSA) is 90.1 Å². The van der Waals surface area contributed by atoms with Crippen LogP contribution in [0.2, 0.25) is 0 Å². The van der Waals surface area contributed by atoms with Gasteiger partial charge in [0.25, 0.3) is 0 Å². The van der Waals surface area contributed by atoms with Gasteiger partial charge in [0.05, 0.1) is 5.75 Å². The number of nitrogens with zero attached hydrogens (tertiary/aromatic N) is 2. The van der Waals surface area contributed by atoms with Crippen molar-refractivity contribution in [3.63, 3.8) is 0 Å². The summed E-state index contributed by atoms with van der Waals surface area (Å²) >= 11 is 1.24. The van der Waals surface area contributed by atoms with Crippen LogP contribution < -0.4 is 11.1 Å². The summed E-state index contributed by atoms with van der Waals surface area (Å²) < 4.78 is 17.2. The van der Waals surface area contributed by atoms with E-state index in [1.165, 1.54) is 23.9 Å². The monoisotopic (exact) mass is 350 g/mol. The zero-order valence-corrected chi connectivity index (χ0v) is 14.3. The van der Waals surface area contributed by atoms with Crippen molar-refractivity contribution in [1.82, 2.24) is 9.97 Å². The molecule has 0 radical (unpaired) electrons. The SMILES string of the molecule is C=Cc1c(Nc2ccc(F)cc2)nc(N)nc1SCC=O.COC. The van der Waals surface area contributed by atoms with Gasteiger partial charge in [0.2, 0.25) is 5.95 Å². The van der Waals surface area contributed by atoms with Crippen LogP contribution in [0.15, 0.2) is 35.9 Å². The van der Waals surface area contributed by atoms with Gasteiger partial charge in [0, 0.05) is 25.5 Å². The summed E-state index contributed by atoms with van der Waals surface area (Å²) in [6, 6.07) is 5.84. The fraction of sp³-hybridized carbons (Fsp3) is 0.188. The molecule has 0 aliphatic rings. The lowest BCUT2D eigenvalue weighted by atomic mass is 10.2. The Morgan fingerprint density at radius 3 is 2.50 bits per heavy atom. The van der Waals surface area contributed by atoms with E-state index in [1.807, 2.05) is 0 Å². The number of carbonyl (C=O) groups excluding carboxylic acids is 1. The quantitative estimate of drug-likeness (QED) is 0.470. The number of thioether (sulfide) groups is 1. The second-order valence-corrected chi connectivity index (χ2v) is 5.38. The third-order valence-corrected chi connectivity index (χ3v) is 3.41. The van der Waals surface area contributed by atoms with Crippen molar-refractivity contribution in [3.8, 4) is 0 Å². The molecule has 3 N–H and O–H groups in total. The molecule has 0 aliphatic carbocycles. The average Bonchev–Trinajstić information content (AvgIpc) is 2.55. The molecule has 0 amide bonds. The first-order valence-corrected chi connectivity index (χ1v) is 7.83. The highest BCUT2D eigenvalue weighted by molar-refractivity contribution is 7.99. The minimum Gasteiger partial charge on any atom is -0.388 e. The molecule has 0 fully saturated rings. The summed E-state index contributed by atoms with van der Waals surface area (Å²) in [7, 11) is 3.25. The standard InChI is InChI=1S/C14H13FN4OS.C2H6O/c1-2-11-12(17-10-5-3-9(15)4-6-10)18-14(16)19-13(11)21-8-7-20;1-3-2/h2-7H,1,8H2,(H3,16,17,18,19);1-2H3. The van der Waals surface area contributed by atoms with E-state index < -0.39 is 0 Å². The zero-order chi connectivity index (χ0) is 17.9. The molecule has 24 heavy (non-hydrogen) atoms. The molecule has 2 rings (SSSR count). The Morgan fingerprint density at radius 1 is 1.33 bits per heavy atom. The van der Waals surface area contributed by atoms with Crippen molar-refractivity contribution >= 4 is 41.6 Å². The number of hydrogen-bond acceptors (Lipinski definition) is 7. The van der Waals surface area contributed by atoms with Gasteiger partial charge in [-0.25, -0.2) is 9.37 Å². The van der Waals surface area contributed by atoms with Crippen LogP contribution in [0.5, 0.6) is 0 Å². The van der Waals surface area contributed by atoms with Crippen molar-refractivity contribution < 1.29 is 13.9 Å². The third-order valence-electron chi connectivity index (χ3n) is 2.53. The third kappa shape index (κ3) is 5.98. The normalized spacial score (nSPS) is 9.62. The highest BCUT2D eigenvalue weighted by Gasteiger charge is 2.12. The van der Waals surface area contributed by atoms with E-state index in [-0.39, 0.29) is 17.5 Å². The number of nitrogens with two attached hydrogens (primary N) is 1. The lowest BCUT2D eigenvalue weighted by molar-refractivity contribution is -0.105. The molecule has 2 aromatic rings. The van der Waals surface area contributed by atoms with Crippen LogP contribution in [0, 0.1) is 5.82 Å². The fourth-order valence-corrected chi connectivity index (χ4v) is 2.36. The molecule has 0 saturated carbocycles. The fourth-order valence-electron chi connectivity index (χ4n) is 1.64. The van der Waals surface area contributed by atoms with Gasteiger partial charge >= 0.3 is 0 Å². The molecule has 128 valence electrons. The minimum absolute atomic E-state index is 0.0820. The van der Waals surface area contributed by atoms with Crippen LogP contribution in [-0.2, 0) is 9.53 Å². The number of benzene rings is 1. The molecule has 1 aromatic heterocycles. The van der Waals surface area contributed by atoms with Crippen molar-refractivity contribution in [2.45, 2.75) is 5.03 Å². The highest BCUT2D eigenvalue weighted by atomic mass is 32.2. The summed E-state index contributed by atoms with van der Waals surface area (Å²) in [5, 5.41) is 3.60. The molecule has 0 aliphatic heterocycles. The maximum atomic E-state index is 12.9. The number of carbonyl (C=O) groups is 1. The number of hydrogen-bond donors (Lipinski definition) is 2. The van der Waals surface area contributed by atoms with Crippen LogP contribution >= 0.6 is 11.8 Å². The summed E-state index contributed by atoms with van der Waals surface area (Å²) in [5.41, 5.74) is 6.97. The number of aromatic nitrogens is 2. The number of anilines is 3. The Labute approximate surface area is 144 Å². The number of halogens is 1. The smallest absolute Gasteiger partial charge is 0.223 e. The van der Waals surface area contributed by atoms with Gasteiger partial charge < -0.3 is 20.6 Å². The summed E-state index contributed by atoms with van der Waals surface area (Å²) in [4.78, 5) is 18.7. The number of rotatable bonds is 6. The lowest BCUT2D eigenvalue weighted by Gasteiger charge is -2.12. The van der Waals surface area contributed by atoms with E-state index >= 15 is 0 Å². The van der Waals surface area contributed by atoms with E-state index in [2.05, 4.69) is 26.6 Å². The van der Waals surface area contributed by atoms with Gasteiger partial charge in [0.1, 0.15) is 22.9 Å². The summed E-state index contributed by atoms with van der Waals surface area (Å²) in [5.74, 6) is 0.470. The maximum Gasteiger partial charge on any atom is 0.223 e. The predicted octanol–water partition coefficient (Wildman–Crippen LogP) is 3.14. The van der Waals surface area contributed by atoms with Gasteiger partial charge in [-0.1, -0.05) is 24.4 Å². The predicted molar refractivity (Wildman–Crippen MR) is 95.9 cm³/mol. The molecule has 0 spiro atoms. The Balaban J connectivity index is 0.000000891. The van der Waals surface area contributed by atoms with Gasteiger partial charge in [-0.05, 0) is 24.3 Å². The number of nitrogens with one attached hydrogen (secondary N) is 1. The molecule has 8 heteroatoms. The first-order chi connectivity index (χ1) is 11.5. The molecule has 0 saturated heterocycles. The number of ether oxygens (including phenoxy) is 1. The van der Waals surface area contributed by atoms with Crippen LogP contribution in [-0.4, -0.2) is 36.2 Å². The van der Waals surface area contributed by atoms with Gasteiger partial charge in [-0.15, -0.1) is 0 Å². The van der Waals surface area contributed by atoms with E-state index in [1.54, 1.807) is 32.4 Å². The molecule has 1 aromatic carbocycles. The highest BCUT2D eigenvalue weighted by Crippen LogP contribution is 2.29. The van der Waals surface area contributed by atoms with Crippen molar-refractivity contribution in [2.24, 2.45) is 0 Å². The molecule has 1 heterocycles. The van der Waals surface area contributed by atoms with E-state index in [9.17, 15) is 9.18 Å². The molecule has 6 nitrogen and oxygen atoms in total. The molecular formula is C16H19FN4O2S. The van der Waals surface area contributed by atoms with Crippen LogP contribution in [0.1, 0.15) is 5.56 Å².